The van der Waals surface area contributed by atoms with Gasteiger partial charge in [0, 0.05) is 6.20 Å². The van der Waals surface area contributed by atoms with Gasteiger partial charge in [0.25, 0.3) is 5.91 Å². The monoisotopic (exact) mass is 383 g/mol. The number of hydrogen-bond donors (Lipinski definition) is 2. The minimum atomic E-state index is -1.03. The lowest BCUT2D eigenvalue weighted by Crippen LogP contribution is -2.18. The molecule has 9 nitrogen and oxygen atoms in total. The van der Waals surface area contributed by atoms with Crippen LogP contribution < -0.4 is 10.1 Å². The highest BCUT2D eigenvalue weighted by Gasteiger charge is 2.17. The molecule has 1 amide bonds. The Morgan fingerprint density at radius 1 is 1.29 bits per heavy atom. The summed E-state index contributed by atoms with van der Waals surface area (Å²) in [6.45, 7) is 5.67. The number of anilines is 1. The molecule has 0 fully saturated rings. The van der Waals surface area contributed by atoms with Gasteiger partial charge in [-0.15, -0.1) is 0 Å². The van der Waals surface area contributed by atoms with Gasteiger partial charge in [0.1, 0.15) is 11.8 Å². The molecule has 0 aliphatic carbocycles. The van der Waals surface area contributed by atoms with Crippen molar-refractivity contribution in [1.82, 2.24) is 19.6 Å². The van der Waals surface area contributed by atoms with Crippen LogP contribution in [0.5, 0.6) is 5.75 Å². The summed E-state index contributed by atoms with van der Waals surface area (Å²) in [5.41, 5.74) is 2.79. The average molecular weight is 383 g/mol. The number of ether oxygens (including phenoxy) is 1. The van der Waals surface area contributed by atoms with Gasteiger partial charge in [-0.2, -0.15) is 10.2 Å². The third-order valence-corrected chi connectivity index (χ3v) is 4.17. The van der Waals surface area contributed by atoms with Crippen molar-refractivity contribution in [1.29, 1.82) is 0 Å². The van der Waals surface area contributed by atoms with E-state index in [9.17, 15) is 9.59 Å². The molecule has 9 heteroatoms. The fourth-order valence-electron chi connectivity index (χ4n) is 2.58. The van der Waals surface area contributed by atoms with Gasteiger partial charge in [-0.05, 0) is 38.5 Å². The summed E-state index contributed by atoms with van der Waals surface area (Å²) >= 11 is 0. The summed E-state index contributed by atoms with van der Waals surface area (Å²) in [5.74, 6) is -0.712. The molecule has 2 aromatic heterocycles. The van der Waals surface area contributed by atoms with Crippen LogP contribution in [0.2, 0.25) is 0 Å². The van der Waals surface area contributed by atoms with E-state index in [1.54, 1.807) is 10.9 Å². The Morgan fingerprint density at radius 3 is 2.79 bits per heavy atom. The van der Waals surface area contributed by atoms with Crippen LogP contribution in [0, 0.1) is 13.8 Å². The van der Waals surface area contributed by atoms with E-state index in [0.29, 0.717) is 5.69 Å². The minimum Gasteiger partial charge on any atom is -0.480 e. The Morgan fingerprint density at radius 2 is 2.07 bits per heavy atom. The average Bonchev–Trinajstić information content (AvgIpc) is 3.30. The van der Waals surface area contributed by atoms with Crippen LogP contribution in [0.15, 0.2) is 42.9 Å². The smallest absolute Gasteiger partial charge is 0.328 e. The van der Waals surface area contributed by atoms with Crippen molar-refractivity contribution in [3.63, 3.8) is 0 Å². The molecular weight excluding hydrogens is 362 g/mol. The van der Waals surface area contributed by atoms with E-state index in [0.717, 1.165) is 16.9 Å². The number of hydrogen-bond acceptors (Lipinski definition) is 5. The first-order chi connectivity index (χ1) is 13.3. The fraction of sp³-hybridized carbons (Fsp3) is 0.263. The van der Waals surface area contributed by atoms with Gasteiger partial charge in [-0.3, -0.25) is 9.48 Å². The number of nitrogens with one attached hydrogen (secondary N) is 1. The van der Waals surface area contributed by atoms with E-state index >= 15 is 0 Å². The van der Waals surface area contributed by atoms with E-state index < -0.39 is 17.9 Å². The zero-order valence-corrected chi connectivity index (χ0v) is 15.8. The molecule has 0 aliphatic rings. The first-order valence-corrected chi connectivity index (χ1v) is 8.65. The number of carboxylic acids is 1. The predicted molar refractivity (Wildman–Crippen MR) is 101 cm³/mol. The molecule has 0 spiro atoms. The minimum absolute atomic E-state index is 0.118. The van der Waals surface area contributed by atoms with Gasteiger partial charge < -0.3 is 15.2 Å². The highest BCUT2D eigenvalue weighted by molar-refractivity contribution is 6.02. The van der Waals surface area contributed by atoms with Crippen LogP contribution in [-0.2, 0) is 11.5 Å². The van der Waals surface area contributed by atoms with Crippen LogP contribution in [-0.4, -0.2) is 36.5 Å². The van der Waals surface area contributed by atoms with Crippen molar-refractivity contribution in [2.45, 2.75) is 33.5 Å². The SMILES string of the molecule is Cc1ccc(OCn2cc(NC(=O)c3ccn(C(C)C(=O)O)n3)cn2)c(C)c1. The second-order valence-electron chi connectivity index (χ2n) is 6.46. The van der Waals surface area contributed by atoms with Gasteiger partial charge in [-0.1, -0.05) is 17.7 Å². The maximum absolute atomic E-state index is 12.3. The highest BCUT2D eigenvalue weighted by atomic mass is 16.5. The van der Waals surface area contributed by atoms with Crippen molar-refractivity contribution in [2.24, 2.45) is 0 Å². The Balaban J connectivity index is 1.59. The van der Waals surface area contributed by atoms with Crippen molar-refractivity contribution in [3.05, 3.63) is 59.7 Å². The lowest BCUT2D eigenvalue weighted by Gasteiger charge is -2.09. The second kappa shape index (κ2) is 7.95. The maximum atomic E-state index is 12.3. The molecule has 0 saturated heterocycles. The van der Waals surface area contributed by atoms with Gasteiger partial charge in [-0.25, -0.2) is 9.48 Å². The van der Waals surface area contributed by atoms with Gasteiger partial charge in [0.05, 0.1) is 18.1 Å². The molecule has 1 unspecified atom stereocenters. The van der Waals surface area contributed by atoms with Crippen LogP contribution in [0.3, 0.4) is 0 Å². The molecule has 28 heavy (non-hydrogen) atoms. The van der Waals surface area contributed by atoms with Crippen molar-refractivity contribution >= 4 is 17.6 Å². The highest BCUT2D eigenvalue weighted by Crippen LogP contribution is 2.19. The quantitative estimate of drug-likeness (QED) is 0.649. The van der Waals surface area contributed by atoms with Gasteiger partial charge in [0.2, 0.25) is 0 Å². The Labute approximate surface area is 161 Å². The Hall–Kier alpha value is -3.62. The Kier molecular flexibility index (Phi) is 5.44. The normalized spacial score (nSPS) is 11.8. The lowest BCUT2D eigenvalue weighted by molar-refractivity contribution is -0.140. The number of nitrogens with zero attached hydrogens (tertiary/aromatic N) is 4. The molecule has 3 rings (SSSR count). The van der Waals surface area contributed by atoms with Crippen LogP contribution >= 0.6 is 0 Å². The number of amides is 1. The fourth-order valence-corrected chi connectivity index (χ4v) is 2.58. The first kappa shape index (κ1) is 19.2. The molecule has 1 atom stereocenters. The largest absolute Gasteiger partial charge is 0.480 e. The van der Waals surface area contributed by atoms with E-state index in [4.69, 9.17) is 9.84 Å². The van der Waals surface area contributed by atoms with E-state index in [1.807, 2.05) is 32.0 Å². The Bertz CT molecular complexity index is 1010. The summed E-state index contributed by atoms with van der Waals surface area (Å²) in [4.78, 5) is 23.3. The summed E-state index contributed by atoms with van der Waals surface area (Å²) in [6.07, 6.45) is 4.59. The van der Waals surface area contributed by atoms with Crippen LogP contribution in [0.25, 0.3) is 0 Å². The van der Waals surface area contributed by atoms with Crippen molar-refractivity contribution in [3.8, 4) is 5.75 Å². The van der Waals surface area contributed by atoms with Crippen molar-refractivity contribution < 1.29 is 19.4 Å². The standard InChI is InChI=1S/C19H21N5O4/c1-12-4-5-17(13(2)8-12)28-11-23-10-15(9-20-23)21-18(25)16-6-7-24(22-16)14(3)19(26)27/h4-10,14H,11H2,1-3H3,(H,21,25)(H,26,27). The molecule has 3 aromatic rings. The summed E-state index contributed by atoms with van der Waals surface area (Å²) in [7, 11) is 0. The molecule has 0 bridgehead atoms. The van der Waals surface area contributed by atoms with Crippen molar-refractivity contribution in [2.75, 3.05) is 5.32 Å². The number of aromatic nitrogens is 4. The summed E-state index contributed by atoms with van der Waals surface area (Å²) in [5, 5.41) is 19.8. The number of carbonyl (C=O) groups excluding carboxylic acids is 1. The van der Waals surface area contributed by atoms with Crippen LogP contribution in [0.1, 0.15) is 34.6 Å². The molecular formula is C19H21N5O4. The third kappa shape index (κ3) is 4.37. The first-order valence-electron chi connectivity index (χ1n) is 8.65. The molecule has 1 aromatic carbocycles. The zero-order valence-electron chi connectivity index (χ0n) is 15.8. The van der Waals surface area contributed by atoms with E-state index in [1.165, 1.54) is 30.1 Å². The molecule has 0 radical (unpaired) electrons. The third-order valence-electron chi connectivity index (χ3n) is 4.17. The number of carbonyl (C=O) groups is 2. The van der Waals surface area contributed by atoms with Gasteiger partial charge >= 0.3 is 5.97 Å². The summed E-state index contributed by atoms with van der Waals surface area (Å²) in [6, 6.07) is 6.52. The second-order valence-corrected chi connectivity index (χ2v) is 6.46. The number of rotatable bonds is 7. The molecule has 2 N–H and O–H groups in total. The molecule has 146 valence electrons. The predicted octanol–water partition coefficient (Wildman–Crippen LogP) is 2.63. The lowest BCUT2D eigenvalue weighted by atomic mass is 10.1. The number of aliphatic carboxylic acids is 1. The number of benzene rings is 1. The molecule has 0 aliphatic heterocycles. The summed E-state index contributed by atoms with van der Waals surface area (Å²) < 4.78 is 8.53. The zero-order chi connectivity index (χ0) is 20.3. The number of aryl methyl sites for hydroxylation is 2. The molecule has 0 saturated carbocycles. The van der Waals surface area contributed by atoms with Crippen LogP contribution in [0.4, 0.5) is 5.69 Å². The van der Waals surface area contributed by atoms with E-state index in [2.05, 4.69) is 15.5 Å². The van der Waals surface area contributed by atoms with E-state index in [-0.39, 0.29) is 12.4 Å². The number of carboxylic acid groups (broad SMARTS) is 1. The maximum Gasteiger partial charge on any atom is 0.328 e. The van der Waals surface area contributed by atoms with Gasteiger partial charge in [0.15, 0.2) is 12.4 Å². The molecule has 2 heterocycles. The topological polar surface area (TPSA) is 111 Å².